The first-order valence-electron chi connectivity index (χ1n) is 9.07. The molecular formula is C20H19F3N4O. The van der Waals surface area contributed by atoms with E-state index in [1.807, 2.05) is 24.3 Å². The van der Waals surface area contributed by atoms with Crippen LogP contribution >= 0.6 is 0 Å². The van der Waals surface area contributed by atoms with Gasteiger partial charge in [0, 0.05) is 28.9 Å². The molecule has 146 valence electrons. The lowest BCUT2D eigenvalue weighted by molar-refractivity contribution is -0.137. The summed E-state index contributed by atoms with van der Waals surface area (Å²) in [7, 11) is 0. The topological polar surface area (TPSA) is 70.1 Å². The van der Waals surface area contributed by atoms with Crippen molar-refractivity contribution in [3.8, 4) is 17.0 Å². The molecule has 1 atom stereocenters. The maximum absolute atomic E-state index is 12.9. The Morgan fingerprint density at radius 1 is 1.07 bits per heavy atom. The Hall–Kier alpha value is -2.87. The zero-order valence-corrected chi connectivity index (χ0v) is 14.9. The zero-order chi connectivity index (χ0) is 19.7. The molecule has 4 rings (SSSR count). The highest BCUT2D eigenvalue weighted by Gasteiger charge is 2.31. The molecule has 3 N–H and O–H groups in total. The highest BCUT2D eigenvalue weighted by Crippen LogP contribution is 2.38. The Labute approximate surface area is 159 Å². The fraction of sp³-hybridized carbons (Fsp3) is 0.300. The molecule has 0 radical (unpaired) electrons. The lowest BCUT2D eigenvalue weighted by Crippen LogP contribution is -2.38. The molecule has 1 aromatic heterocycles. The molecule has 1 fully saturated rings. The van der Waals surface area contributed by atoms with E-state index in [0.29, 0.717) is 23.0 Å². The number of hydrogen-bond donors (Lipinski definition) is 3. The summed E-state index contributed by atoms with van der Waals surface area (Å²) < 4.78 is 38.6. The molecule has 0 amide bonds. The van der Waals surface area contributed by atoms with Crippen molar-refractivity contribution in [2.24, 2.45) is 0 Å². The number of benzene rings is 2. The van der Waals surface area contributed by atoms with E-state index >= 15 is 0 Å². The lowest BCUT2D eigenvalue weighted by atomic mass is 10.0. The minimum Gasteiger partial charge on any atom is -0.507 e. The fourth-order valence-electron chi connectivity index (χ4n) is 3.49. The smallest absolute Gasteiger partial charge is 0.416 e. The summed E-state index contributed by atoms with van der Waals surface area (Å²) >= 11 is 0. The molecule has 0 spiro atoms. The van der Waals surface area contributed by atoms with Gasteiger partial charge in [0.2, 0.25) is 0 Å². The van der Waals surface area contributed by atoms with Gasteiger partial charge >= 0.3 is 6.18 Å². The number of hydrogen-bond acceptors (Lipinski definition) is 5. The Morgan fingerprint density at radius 2 is 1.86 bits per heavy atom. The molecule has 3 aromatic rings. The second-order valence-corrected chi connectivity index (χ2v) is 6.86. The van der Waals surface area contributed by atoms with Crippen molar-refractivity contribution in [1.29, 1.82) is 0 Å². The van der Waals surface area contributed by atoms with E-state index in [-0.39, 0.29) is 11.6 Å². The van der Waals surface area contributed by atoms with Crippen LogP contribution in [0.15, 0.2) is 42.5 Å². The summed E-state index contributed by atoms with van der Waals surface area (Å²) in [6, 6.07) is 10.5. The fourth-order valence-corrected chi connectivity index (χ4v) is 3.49. The highest BCUT2D eigenvalue weighted by atomic mass is 19.4. The van der Waals surface area contributed by atoms with Gasteiger partial charge in [-0.05, 0) is 37.6 Å². The number of aromatic nitrogens is 2. The molecule has 0 bridgehead atoms. The van der Waals surface area contributed by atoms with Crippen molar-refractivity contribution in [2.75, 3.05) is 18.4 Å². The van der Waals surface area contributed by atoms with Crippen LogP contribution in [-0.2, 0) is 6.18 Å². The quantitative estimate of drug-likeness (QED) is 0.628. The highest BCUT2D eigenvalue weighted by molar-refractivity contribution is 6.00. The third kappa shape index (κ3) is 3.60. The first-order valence-corrected chi connectivity index (χ1v) is 9.07. The average molecular weight is 388 g/mol. The molecular weight excluding hydrogens is 369 g/mol. The van der Waals surface area contributed by atoms with E-state index in [1.165, 1.54) is 6.07 Å². The van der Waals surface area contributed by atoms with Crippen molar-refractivity contribution in [3.05, 3.63) is 48.0 Å². The van der Waals surface area contributed by atoms with Gasteiger partial charge in [-0.2, -0.15) is 13.2 Å². The molecule has 28 heavy (non-hydrogen) atoms. The Morgan fingerprint density at radius 3 is 2.54 bits per heavy atom. The third-order valence-electron chi connectivity index (χ3n) is 4.91. The van der Waals surface area contributed by atoms with E-state index in [1.54, 1.807) is 0 Å². The number of phenols is 1. The number of nitrogens with zero attached hydrogens (tertiary/aromatic N) is 2. The number of aromatic hydroxyl groups is 1. The summed E-state index contributed by atoms with van der Waals surface area (Å²) in [6.07, 6.45) is -2.43. The molecule has 2 heterocycles. The van der Waals surface area contributed by atoms with E-state index in [9.17, 15) is 18.3 Å². The monoisotopic (exact) mass is 388 g/mol. The van der Waals surface area contributed by atoms with Gasteiger partial charge < -0.3 is 15.7 Å². The molecule has 0 saturated carbocycles. The summed E-state index contributed by atoms with van der Waals surface area (Å²) in [4.78, 5) is 0. The van der Waals surface area contributed by atoms with Crippen LogP contribution in [-0.4, -0.2) is 34.4 Å². The first-order chi connectivity index (χ1) is 13.4. The van der Waals surface area contributed by atoms with Crippen LogP contribution in [0.4, 0.5) is 19.0 Å². The van der Waals surface area contributed by atoms with Crippen LogP contribution in [0, 0.1) is 0 Å². The number of fused-ring (bicyclic) bond motifs is 1. The third-order valence-corrected chi connectivity index (χ3v) is 4.91. The molecule has 2 aromatic carbocycles. The van der Waals surface area contributed by atoms with Gasteiger partial charge in [0.1, 0.15) is 11.4 Å². The van der Waals surface area contributed by atoms with Gasteiger partial charge in [0.25, 0.3) is 0 Å². The van der Waals surface area contributed by atoms with Crippen LogP contribution in [0.3, 0.4) is 0 Å². The normalized spacial score (nSPS) is 17.6. The number of anilines is 1. The number of rotatable bonds is 3. The number of phenolic OH excluding ortho intramolecular Hbond substituents is 1. The maximum atomic E-state index is 12.9. The second-order valence-electron chi connectivity index (χ2n) is 6.86. The van der Waals surface area contributed by atoms with Crippen LogP contribution in [0.5, 0.6) is 5.75 Å². The molecule has 0 unspecified atom stereocenters. The first kappa shape index (κ1) is 18.5. The standard InChI is InChI=1S/C20H19F3N4O/c21-20(22,23)12-7-8-16(17(28)10-12)18-14-5-1-2-6-15(14)19(27-26-18)25-13-4-3-9-24-11-13/h1-2,5-8,10,13,24,28H,3-4,9,11H2,(H,25,27)/t13-/m1/s1. The van der Waals surface area contributed by atoms with Crippen molar-refractivity contribution < 1.29 is 18.3 Å². The molecule has 8 heteroatoms. The van der Waals surface area contributed by atoms with E-state index in [0.717, 1.165) is 37.4 Å². The number of halogens is 3. The minimum atomic E-state index is -4.52. The van der Waals surface area contributed by atoms with E-state index in [4.69, 9.17) is 0 Å². The van der Waals surface area contributed by atoms with Crippen molar-refractivity contribution >= 4 is 16.6 Å². The van der Waals surface area contributed by atoms with Crippen molar-refractivity contribution in [2.45, 2.75) is 25.1 Å². The average Bonchev–Trinajstić information content (AvgIpc) is 2.69. The Balaban J connectivity index is 1.76. The summed E-state index contributed by atoms with van der Waals surface area (Å²) in [5, 5.41) is 26.9. The zero-order valence-electron chi connectivity index (χ0n) is 14.9. The summed E-state index contributed by atoms with van der Waals surface area (Å²) in [5.41, 5.74) is -0.356. The number of nitrogens with one attached hydrogen (secondary N) is 2. The predicted octanol–water partition coefficient (Wildman–Crippen LogP) is 4.19. The van der Waals surface area contributed by atoms with Gasteiger partial charge in [-0.3, -0.25) is 0 Å². The lowest BCUT2D eigenvalue weighted by Gasteiger charge is -2.24. The summed E-state index contributed by atoms with van der Waals surface area (Å²) in [5.74, 6) is 0.144. The predicted molar refractivity (Wildman–Crippen MR) is 101 cm³/mol. The molecule has 1 aliphatic heterocycles. The van der Waals surface area contributed by atoms with Crippen molar-refractivity contribution in [3.63, 3.8) is 0 Å². The van der Waals surface area contributed by atoms with Gasteiger partial charge in [-0.1, -0.05) is 24.3 Å². The van der Waals surface area contributed by atoms with Crippen LogP contribution in [0.1, 0.15) is 18.4 Å². The molecule has 5 nitrogen and oxygen atoms in total. The number of alkyl halides is 3. The maximum Gasteiger partial charge on any atom is 0.416 e. The van der Waals surface area contributed by atoms with Crippen LogP contribution < -0.4 is 10.6 Å². The molecule has 1 aliphatic rings. The minimum absolute atomic E-state index is 0.211. The van der Waals surface area contributed by atoms with Crippen LogP contribution in [0.25, 0.3) is 22.0 Å². The van der Waals surface area contributed by atoms with Gasteiger partial charge in [0.05, 0.1) is 5.56 Å². The van der Waals surface area contributed by atoms with Gasteiger partial charge in [-0.25, -0.2) is 0 Å². The van der Waals surface area contributed by atoms with Crippen LogP contribution in [0.2, 0.25) is 0 Å². The molecule has 1 saturated heterocycles. The van der Waals surface area contributed by atoms with E-state index < -0.39 is 17.5 Å². The largest absolute Gasteiger partial charge is 0.507 e. The Bertz CT molecular complexity index is 1000. The Kier molecular flexibility index (Phi) is 4.80. The second kappa shape index (κ2) is 7.27. The van der Waals surface area contributed by atoms with E-state index in [2.05, 4.69) is 20.8 Å². The summed E-state index contributed by atoms with van der Waals surface area (Å²) in [6.45, 7) is 1.83. The molecule has 0 aliphatic carbocycles. The van der Waals surface area contributed by atoms with Gasteiger partial charge in [0.15, 0.2) is 5.82 Å². The number of piperidine rings is 1. The van der Waals surface area contributed by atoms with Crippen molar-refractivity contribution in [1.82, 2.24) is 15.5 Å². The SMILES string of the molecule is Oc1cc(C(F)(F)F)ccc1-c1nnc(N[C@@H]2CCCNC2)c2ccccc12. The van der Waals surface area contributed by atoms with Gasteiger partial charge in [-0.15, -0.1) is 10.2 Å².